The monoisotopic (exact) mass is 384 g/mol. The lowest BCUT2D eigenvalue weighted by atomic mass is 10.0. The van der Waals surface area contributed by atoms with E-state index in [2.05, 4.69) is 0 Å². The number of carbonyl (C=O) groups excluding carboxylic acids is 1. The molecule has 1 aliphatic rings. The zero-order chi connectivity index (χ0) is 19.6. The van der Waals surface area contributed by atoms with E-state index in [1.54, 1.807) is 18.7 Å². The van der Waals surface area contributed by atoms with Crippen LogP contribution in [0.4, 0.5) is 4.39 Å². The predicted octanol–water partition coefficient (Wildman–Crippen LogP) is 3.51. The molecule has 146 valence electrons. The van der Waals surface area contributed by atoms with Crippen molar-refractivity contribution >= 4 is 15.9 Å². The Morgan fingerprint density at radius 1 is 1.19 bits per heavy atom. The van der Waals surface area contributed by atoms with Gasteiger partial charge in [0.05, 0.1) is 10.5 Å². The molecule has 0 aliphatic heterocycles. The van der Waals surface area contributed by atoms with Gasteiger partial charge in [-0.1, -0.05) is 27.7 Å². The molecule has 1 saturated carbocycles. The van der Waals surface area contributed by atoms with Gasteiger partial charge in [0, 0.05) is 25.2 Å². The van der Waals surface area contributed by atoms with Crippen molar-refractivity contribution in [3.05, 3.63) is 29.6 Å². The van der Waals surface area contributed by atoms with Crippen molar-refractivity contribution in [1.29, 1.82) is 0 Å². The summed E-state index contributed by atoms with van der Waals surface area (Å²) < 4.78 is 41.2. The topological polar surface area (TPSA) is 57.7 Å². The van der Waals surface area contributed by atoms with E-state index < -0.39 is 21.7 Å². The zero-order valence-electron chi connectivity index (χ0n) is 16.2. The number of amides is 1. The van der Waals surface area contributed by atoms with E-state index in [4.69, 9.17) is 0 Å². The van der Waals surface area contributed by atoms with Gasteiger partial charge in [-0.25, -0.2) is 12.8 Å². The molecule has 7 heteroatoms. The highest BCUT2D eigenvalue weighted by Gasteiger charge is 2.38. The highest BCUT2D eigenvalue weighted by atomic mass is 32.2. The molecule has 1 aromatic carbocycles. The van der Waals surface area contributed by atoms with Crippen molar-refractivity contribution < 1.29 is 17.6 Å². The third-order valence-corrected chi connectivity index (χ3v) is 7.14. The van der Waals surface area contributed by atoms with Gasteiger partial charge >= 0.3 is 0 Å². The zero-order valence-corrected chi connectivity index (χ0v) is 17.0. The van der Waals surface area contributed by atoms with Crippen LogP contribution in [0.1, 0.15) is 57.8 Å². The maximum absolute atomic E-state index is 14.4. The summed E-state index contributed by atoms with van der Waals surface area (Å²) in [6.07, 6.45) is 1.81. The first-order chi connectivity index (χ1) is 12.1. The Hall–Kier alpha value is -1.47. The summed E-state index contributed by atoms with van der Waals surface area (Å²) in [4.78, 5) is 14.7. The first-order valence-corrected chi connectivity index (χ1v) is 10.7. The summed E-state index contributed by atoms with van der Waals surface area (Å²) in [6, 6.07) is 3.56. The molecule has 1 amide bonds. The van der Waals surface area contributed by atoms with E-state index in [0.29, 0.717) is 13.1 Å². The maximum atomic E-state index is 14.4. The molecule has 1 fully saturated rings. The molecule has 0 unspecified atom stereocenters. The third-order valence-electron chi connectivity index (χ3n) is 5.09. The number of rotatable bonds is 8. The molecular formula is C19H29FN2O3S. The van der Waals surface area contributed by atoms with Crippen LogP contribution in [-0.4, -0.2) is 48.7 Å². The number of nitrogens with zero attached hydrogens (tertiary/aromatic N) is 2. The predicted molar refractivity (Wildman–Crippen MR) is 100.0 cm³/mol. The Bertz CT molecular complexity index is 756. The second kappa shape index (κ2) is 8.05. The Kier molecular flexibility index (Phi) is 6.45. The maximum Gasteiger partial charge on any atom is 0.257 e. The van der Waals surface area contributed by atoms with Crippen LogP contribution in [0.15, 0.2) is 23.1 Å². The van der Waals surface area contributed by atoms with Crippen molar-refractivity contribution in [3.63, 3.8) is 0 Å². The van der Waals surface area contributed by atoms with Crippen LogP contribution < -0.4 is 0 Å². The number of sulfonamides is 1. The second-order valence-corrected chi connectivity index (χ2v) is 9.10. The minimum Gasteiger partial charge on any atom is -0.333 e. The van der Waals surface area contributed by atoms with Crippen LogP contribution in [0.3, 0.4) is 0 Å². The Morgan fingerprint density at radius 2 is 1.77 bits per heavy atom. The highest BCUT2D eigenvalue weighted by molar-refractivity contribution is 7.89. The Balaban J connectivity index is 2.45. The summed E-state index contributed by atoms with van der Waals surface area (Å²) in [6.45, 7) is 10.1. The van der Waals surface area contributed by atoms with Crippen LogP contribution in [-0.2, 0) is 10.0 Å². The normalized spacial score (nSPS) is 16.2. The van der Waals surface area contributed by atoms with Gasteiger partial charge in [-0.15, -0.1) is 0 Å². The van der Waals surface area contributed by atoms with Gasteiger partial charge in [0.25, 0.3) is 5.91 Å². The van der Waals surface area contributed by atoms with Crippen LogP contribution in [0.2, 0.25) is 0 Å². The molecule has 26 heavy (non-hydrogen) atoms. The minimum atomic E-state index is -3.74. The quantitative estimate of drug-likeness (QED) is 0.689. The Morgan fingerprint density at radius 3 is 2.23 bits per heavy atom. The molecule has 1 aliphatic carbocycles. The fraction of sp³-hybridized carbons (Fsp3) is 0.632. The molecule has 0 saturated heterocycles. The van der Waals surface area contributed by atoms with E-state index in [-0.39, 0.29) is 28.5 Å². The van der Waals surface area contributed by atoms with Crippen LogP contribution in [0, 0.1) is 11.7 Å². The molecule has 2 rings (SSSR count). The van der Waals surface area contributed by atoms with E-state index in [1.807, 2.05) is 20.8 Å². The SMILES string of the molecule is CCN(CC)S(=O)(=O)c1ccc(F)c(C(=O)N(C2CC2)[C@@H](C)C(C)C)c1. The van der Waals surface area contributed by atoms with Crippen molar-refractivity contribution in [2.45, 2.75) is 64.4 Å². The molecule has 0 aromatic heterocycles. The molecule has 5 nitrogen and oxygen atoms in total. The van der Waals surface area contributed by atoms with Crippen LogP contribution >= 0.6 is 0 Å². The van der Waals surface area contributed by atoms with Crippen molar-refractivity contribution in [2.24, 2.45) is 5.92 Å². The van der Waals surface area contributed by atoms with E-state index in [0.717, 1.165) is 18.9 Å². The van der Waals surface area contributed by atoms with Gasteiger partial charge in [0.1, 0.15) is 5.82 Å². The van der Waals surface area contributed by atoms with Crippen molar-refractivity contribution in [1.82, 2.24) is 9.21 Å². The standard InChI is InChI=1S/C19H29FN2O3S/c1-6-21(7-2)26(24,25)16-10-11-18(20)17(12-16)19(23)22(15-8-9-15)14(5)13(3)4/h10-15H,6-9H2,1-5H3/t14-/m0/s1. The summed E-state index contributed by atoms with van der Waals surface area (Å²) in [5.74, 6) is -0.886. The molecule has 0 radical (unpaired) electrons. The summed E-state index contributed by atoms with van der Waals surface area (Å²) in [5.41, 5.74) is -0.169. The first kappa shape index (κ1) is 20.8. The molecular weight excluding hydrogens is 355 g/mol. The number of hydrogen-bond acceptors (Lipinski definition) is 3. The molecule has 0 bridgehead atoms. The lowest BCUT2D eigenvalue weighted by Crippen LogP contribution is -2.43. The van der Waals surface area contributed by atoms with Gasteiger partial charge in [-0.2, -0.15) is 4.31 Å². The minimum absolute atomic E-state index is 0.0427. The average Bonchev–Trinajstić information content (AvgIpc) is 3.40. The lowest BCUT2D eigenvalue weighted by molar-refractivity contribution is 0.0622. The fourth-order valence-corrected chi connectivity index (χ4v) is 4.52. The number of halogens is 1. The summed E-state index contributed by atoms with van der Waals surface area (Å²) in [5, 5.41) is 0. The molecule has 0 N–H and O–H groups in total. The molecule has 0 heterocycles. The fourth-order valence-electron chi connectivity index (χ4n) is 3.04. The summed E-state index contributed by atoms with van der Waals surface area (Å²) >= 11 is 0. The van der Waals surface area contributed by atoms with E-state index in [9.17, 15) is 17.6 Å². The second-order valence-electron chi connectivity index (χ2n) is 7.16. The number of benzene rings is 1. The van der Waals surface area contributed by atoms with E-state index >= 15 is 0 Å². The highest BCUT2D eigenvalue weighted by Crippen LogP contribution is 2.33. The molecule has 0 spiro atoms. The Labute approximate surface area is 156 Å². The van der Waals surface area contributed by atoms with Crippen LogP contribution in [0.25, 0.3) is 0 Å². The molecule has 1 atom stereocenters. The number of hydrogen-bond donors (Lipinski definition) is 0. The van der Waals surface area contributed by atoms with Gasteiger partial charge in [0.15, 0.2) is 0 Å². The van der Waals surface area contributed by atoms with Gasteiger partial charge in [0.2, 0.25) is 10.0 Å². The number of carbonyl (C=O) groups is 1. The summed E-state index contributed by atoms with van der Waals surface area (Å²) in [7, 11) is -3.74. The van der Waals surface area contributed by atoms with Crippen molar-refractivity contribution in [2.75, 3.05) is 13.1 Å². The van der Waals surface area contributed by atoms with E-state index in [1.165, 1.54) is 16.4 Å². The lowest BCUT2D eigenvalue weighted by Gasteiger charge is -2.32. The third kappa shape index (κ3) is 4.09. The van der Waals surface area contributed by atoms with Gasteiger partial charge in [-0.05, 0) is 43.9 Å². The first-order valence-electron chi connectivity index (χ1n) is 9.27. The largest absolute Gasteiger partial charge is 0.333 e. The van der Waals surface area contributed by atoms with Gasteiger partial charge in [-0.3, -0.25) is 4.79 Å². The molecule has 1 aromatic rings. The smallest absolute Gasteiger partial charge is 0.257 e. The van der Waals surface area contributed by atoms with Gasteiger partial charge < -0.3 is 4.90 Å². The van der Waals surface area contributed by atoms with Crippen LogP contribution in [0.5, 0.6) is 0 Å². The average molecular weight is 385 g/mol. The van der Waals surface area contributed by atoms with Crippen molar-refractivity contribution in [3.8, 4) is 0 Å².